The Labute approximate surface area is 82.7 Å². The maximum atomic E-state index is 3.65. The predicted octanol–water partition coefficient (Wildman–Crippen LogP) is 1.71. The zero-order valence-corrected chi connectivity index (χ0v) is 9.51. The van der Waals surface area contributed by atoms with Gasteiger partial charge in [0, 0.05) is 18.6 Å². The Morgan fingerprint density at radius 2 is 2.15 bits per heavy atom. The van der Waals surface area contributed by atoms with E-state index >= 15 is 0 Å². The third-order valence-electron chi connectivity index (χ3n) is 2.98. The van der Waals surface area contributed by atoms with Gasteiger partial charge in [0.05, 0.1) is 0 Å². The Kier molecular flexibility index (Phi) is 4.20. The van der Waals surface area contributed by atoms with Crippen LogP contribution >= 0.6 is 0 Å². The lowest BCUT2D eigenvalue weighted by molar-refractivity contribution is 0.149. The number of rotatable bonds is 3. The molecule has 0 aromatic carbocycles. The summed E-state index contributed by atoms with van der Waals surface area (Å²) in [6, 6.07) is 1.36. The van der Waals surface area contributed by atoms with Gasteiger partial charge in [-0.1, -0.05) is 27.7 Å². The van der Waals surface area contributed by atoms with E-state index < -0.39 is 0 Å². The highest BCUT2D eigenvalue weighted by Crippen LogP contribution is 2.16. The fourth-order valence-electron chi connectivity index (χ4n) is 2.19. The van der Waals surface area contributed by atoms with Gasteiger partial charge >= 0.3 is 0 Å². The second-order valence-corrected chi connectivity index (χ2v) is 4.59. The molecule has 2 heteroatoms. The molecule has 2 atom stereocenters. The minimum absolute atomic E-state index is 0.626. The SMILES string of the molecule is CCN1CCC(NC(C)C)[C@@H](C)C1. The average molecular weight is 184 g/mol. The first kappa shape index (κ1) is 11.0. The Morgan fingerprint density at radius 1 is 1.46 bits per heavy atom. The van der Waals surface area contributed by atoms with Gasteiger partial charge in [-0.3, -0.25) is 0 Å². The van der Waals surface area contributed by atoms with Gasteiger partial charge in [-0.15, -0.1) is 0 Å². The van der Waals surface area contributed by atoms with Crippen molar-refractivity contribution in [2.75, 3.05) is 19.6 Å². The standard InChI is InChI=1S/C11H24N2/c1-5-13-7-6-11(10(4)8-13)12-9(2)3/h9-12H,5-8H2,1-4H3/t10-,11?/m0/s1. The maximum absolute atomic E-state index is 3.65. The first-order valence-corrected chi connectivity index (χ1v) is 5.62. The van der Waals surface area contributed by atoms with Crippen molar-refractivity contribution in [2.45, 2.75) is 46.2 Å². The number of piperidine rings is 1. The number of hydrogen-bond donors (Lipinski definition) is 1. The normalized spacial score (nSPS) is 31.2. The molecule has 0 bridgehead atoms. The molecule has 0 spiro atoms. The fraction of sp³-hybridized carbons (Fsp3) is 1.00. The molecular weight excluding hydrogens is 160 g/mol. The van der Waals surface area contributed by atoms with Gasteiger partial charge in [0.15, 0.2) is 0 Å². The highest BCUT2D eigenvalue weighted by Gasteiger charge is 2.24. The summed E-state index contributed by atoms with van der Waals surface area (Å²) in [5.74, 6) is 0.802. The molecule has 78 valence electrons. The van der Waals surface area contributed by atoms with E-state index in [0.717, 1.165) is 12.0 Å². The van der Waals surface area contributed by atoms with E-state index in [-0.39, 0.29) is 0 Å². The van der Waals surface area contributed by atoms with Crippen LogP contribution in [-0.2, 0) is 0 Å². The molecule has 1 N–H and O–H groups in total. The van der Waals surface area contributed by atoms with Crippen LogP contribution in [0.3, 0.4) is 0 Å². The molecule has 0 aliphatic carbocycles. The molecule has 0 aromatic heterocycles. The van der Waals surface area contributed by atoms with Crippen LogP contribution in [0.4, 0.5) is 0 Å². The van der Waals surface area contributed by atoms with Crippen molar-refractivity contribution in [2.24, 2.45) is 5.92 Å². The van der Waals surface area contributed by atoms with Crippen molar-refractivity contribution >= 4 is 0 Å². The molecule has 1 rings (SSSR count). The summed E-state index contributed by atoms with van der Waals surface area (Å²) in [6.45, 7) is 12.8. The number of likely N-dealkylation sites (tertiary alicyclic amines) is 1. The molecule has 1 unspecified atom stereocenters. The van der Waals surface area contributed by atoms with E-state index in [1.54, 1.807) is 0 Å². The van der Waals surface area contributed by atoms with Crippen LogP contribution in [0.5, 0.6) is 0 Å². The molecule has 1 heterocycles. The second-order valence-electron chi connectivity index (χ2n) is 4.59. The predicted molar refractivity (Wildman–Crippen MR) is 58.0 cm³/mol. The Bertz CT molecular complexity index is 145. The van der Waals surface area contributed by atoms with Gasteiger partial charge in [0.1, 0.15) is 0 Å². The summed E-state index contributed by atoms with van der Waals surface area (Å²) in [6.07, 6.45) is 1.31. The van der Waals surface area contributed by atoms with Crippen molar-refractivity contribution in [3.05, 3.63) is 0 Å². The van der Waals surface area contributed by atoms with E-state index in [2.05, 4.69) is 37.9 Å². The van der Waals surface area contributed by atoms with Crippen LogP contribution in [-0.4, -0.2) is 36.6 Å². The third-order valence-corrected chi connectivity index (χ3v) is 2.98. The summed E-state index contributed by atoms with van der Waals surface area (Å²) in [5.41, 5.74) is 0. The van der Waals surface area contributed by atoms with Crippen molar-refractivity contribution in [1.29, 1.82) is 0 Å². The molecule has 1 saturated heterocycles. The molecule has 1 fully saturated rings. The highest BCUT2D eigenvalue weighted by atomic mass is 15.1. The Balaban J connectivity index is 2.35. The van der Waals surface area contributed by atoms with Crippen molar-refractivity contribution < 1.29 is 0 Å². The van der Waals surface area contributed by atoms with Crippen LogP contribution in [0.1, 0.15) is 34.1 Å². The molecule has 1 aliphatic heterocycles. The molecule has 0 aromatic rings. The lowest BCUT2D eigenvalue weighted by Gasteiger charge is -2.37. The maximum Gasteiger partial charge on any atom is 0.0119 e. The lowest BCUT2D eigenvalue weighted by Crippen LogP contribution is -2.49. The second kappa shape index (κ2) is 4.97. The molecule has 0 radical (unpaired) electrons. The average Bonchev–Trinajstić information content (AvgIpc) is 2.08. The van der Waals surface area contributed by atoms with Crippen LogP contribution in [0.25, 0.3) is 0 Å². The summed E-state index contributed by atoms with van der Waals surface area (Å²) >= 11 is 0. The van der Waals surface area contributed by atoms with Crippen molar-refractivity contribution in [1.82, 2.24) is 10.2 Å². The third kappa shape index (κ3) is 3.28. The molecule has 13 heavy (non-hydrogen) atoms. The molecule has 1 aliphatic rings. The largest absolute Gasteiger partial charge is 0.311 e. The zero-order valence-electron chi connectivity index (χ0n) is 9.51. The number of nitrogens with one attached hydrogen (secondary N) is 1. The molecule has 0 amide bonds. The topological polar surface area (TPSA) is 15.3 Å². The number of hydrogen-bond acceptors (Lipinski definition) is 2. The monoisotopic (exact) mass is 184 g/mol. The highest BCUT2D eigenvalue weighted by molar-refractivity contribution is 4.83. The molecule has 0 saturated carbocycles. The van der Waals surface area contributed by atoms with Gasteiger partial charge in [-0.2, -0.15) is 0 Å². The smallest absolute Gasteiger partial charge is 0.0119 e. The van der Waals surface area contributed by atoms with E-state index in [0.29, 0.717) is 6.04 Å². The van der Waals surface area contributed by atoms with Crippen LogP contribution in [0, 0.1) is 5.92 Å². The van der Waals surface area contributed by atoms with Crippen LogP contribution < -0.4 is 5.32 Å². The first-order valence-electron chi connectivity index (χ1n) is 5.62. The Morgan fingerprint density at radius 3 is 2.62 bits per heavy atom. The van der Waals surface area contributed by atoms with Gasteiger partial charge in [-0.25, -0.2) is 0 Å². The van der Waals surface area contributed by atoms with E-state index in [9.17, 15) is 0 Å². The fourth-order valence-corrected chi connectivity index (χ4v) is 2.19. The summed E-state index contributed by atoms with van der Waals surface area (Å²) in [5, 5.41) is 3.65. The van der Waals surface area contributed by atoms with Crippen molar-refractivity contribution in [3.8, 4) is 0 Å². The summed E-state index contributed by atoms with van der Waals surface area (Å²) in [4.78, 5) is 2.54. The minimum atomic E-state index is 0.626. The summed E-state index contributed by atoms with van der Waals surface area (Å²) in [7, 11) is 0. The molecule has 2 nitrogen and oxygen atoms in total. The Hall–Kier alpha value is -0.0800. The molecular formula is C11H24N2. The van der Waals surface area contributed by atoms with Crippen LogP contribution in [0.2, 0.25) is 0 Å². The summed E-state index contributed by atoms with van der Waals surface area (Å²) < 4.78 is 0. The van der Waals surface area contributed by atoms with Gasteiger partial charge < -0.3 is 10.2 Å². The van der Waals surface area contributed by atoms with Gasteiger partial charge in [0.2, 0.25) is 0 Å². The lowest BCUT2D eigenvalue weighted by atomic mass is 9.93. The quantitative estimate of drug-likeness (QED) is 0.718. The zero-order chi connectivity index (χ0) is 9.84. The number of nitrogens with zero attached hydrogens (tertiary/aromatic N) is 1. The van der Waals surface area contributed by atoms with E-state index in [1.807, 2.05) is 0 Å². The van der Waals surface area contributed by atoms with Crippen LogP contribution in [0.15, 0.2) is 0 Å². The minimum Gasteiger partial charge on any atom is -0.311 e. The van der Waals surface area contributed by atoms with E-state index in [4.69, 9.17) is 0 Å². The first-order chi connectivity index (χ1) is 6.13. The van der Waals surface area contributed by atoms with Gasteiger partial charge in [0.25, 0.3) is 0 Å². The van der Waals surface area contributed by atoms with E-state index in [1.165, 1.54) is 26.1 Å². The van der Waals surface area contributed by atoms with Gasteiger partial charge in [-0.05, 0) is 25.4 Å². The van der Waals surface area contributed by atoms with Crippen molar-refractivity contribution in [3.63, 3.8) is 0 Å².